The Labute approximate surface area is 88.6 Å². The molecule has 82 valence electrons. The van der Waals surface area contributed by atoms with Gasteiger partial charge in [-0.05, 0) is 24.8 Å². The molecule has 0 aromatic rings. The van der Waals surface area contributed by atoms with Gasteiger partial charge in [-0.15, -0.1) is 0 Å². The van der Waals surface area contributed by atoms with Crippen molar-refractivity contribution in [3.8, 4) is 0 Å². The summed E-state index contributed by atoms with van der Waals surface area (Å²) in [6.07, 6.45) is 13.0. The first-order chi connectivity index (χ1) is 6.85. The average molecular weight is 196 g/mol. The van der Waals surface area contributed by atoms with E-state index in [4.69, 9.17) is 0 Å². The first-order valence-corrected chi connectivity index (χ1v) is 5.99. The summed E-state index contributed by atoms with van der Waals surface area (Å²) in [7, 11) is 0. The Morgan fingerprint density at radius 3 is 2.21 bits per heavy atom. The van der Waals surface area contributed by atoms with Crippen LogP contribution in [0.5, 0.6) is 0 Å². The Bertz CT molecular complexity index is 159. The Morgan fingerprint density at radius 1 is 1.00 bits per heavy atom. The molecular formula is C13H24O. The van der Waals surface area contributed by atoms with Gasteiger partial charge in [0, 0.05) is 0 Å². The van der Waals surface area contributed by atoms with Gasteiger partial charge >= 0.3 is 0 Å². The molecule has 0 N–H and O–H groups in total. The predicted molar refractivity (Wildman–Crippen MR) is 62.4 cm³/mol. The van der Waals surface area contributed by atoms with Crippen molar-refractivity contribution in [1.82, 2.24) is 0 Å². The van der Waals surface area contributed by atoms with Crippen LogP contribution in [0.15, 0.2) is 11.6 Å². The lowest BCUT2D eigenvalue weighted by atomic mass is 10.1. The lowest BCUT2D eigenvalue weighted by Crippen LogP contribution is -1.83. The van der Waals surface area contributed by atoms with Crippen molar-refractivity contribution in [2.45, 2.75) is 65.2 Å². The molecule has 1 nitrogen and oxygen atoms in total. The molecule has 0 saturated heterocycles. The van der Waals surface area contributed by atoms with E-state index in [1.807, 2.05) is 6.92 Å². The number of hydrogen-bond acceptors (Lipinski definition) is 1. The predicted octanol–water partition coefficient (Wildman–Crippen LogP) is 4.27. The number of allylic oxidation sites excluding steroid dienone is 2. The van der Waals surface area contributed by atoms with E-state index >= 15 is 0 Å². The van der Waals surface area contributed by atoms with Gasteiger partial charge in [0.05, 0.1) is 0 Å². The summed E-state index contributed by atoms with van der Waals surface area (Å²) in [5, 5.41) is 0. The summed E-state index contributed by atoms with van der Waals surface area (Å²) in [5.74, 6) is 0. The van der Waals surface area contributed by atoms with Crippen LogP contribution in [0.3, 0.4) is 0 Å². The van der Waals surface area contributed by atoms with Crippen LogP contribution in [0.25, 0.3) is 0 Å². The molecule has 0 atom stereocenters. The first-order valence-electron chi connectivity index (χ1n) is 5.99. The fraction of sp³-hybridized carbons (Fsp3) is 0.769. The molecular weight excluding hydrogens is 172 g/mol. The zero-order valence-corrected chi connectivity index (χ0v) is 9.72. The fourth-order valence-corrected chi connectivity index (χ4v) is 1.49. The third-order valence-electron chi connectivity index (χ3n) is 2.52. The number of aldehydes is 1. The molecule has 0 heterocycles. The molecule has 14 heavy (non-hydrogen) atoms. The fourth-order valence-electron chi connectivity index (χ4n) is 1.49. The number of carbonyl (C=O) groups is 1. The second-order valence-electron chi connectivity index (χ2n) is 3.81. The summed E-state index contributed by atoms with van der Waals surface area (Å²) >= 11 is 0. The summed E-state index contributed by atoms with van der Waals surface area (Å²) < 4.78 is 0. The highest BCUT2D eigenvalue weighted by Gasteiger charge is 1.91. The molecule has 0 aliphatic carbocycles. The minimum Gasteiger partial charge on any atom is -0.298 e. The summed E-state index contributed by atoms with van der Waals surface area (Å²) in [6.45, 7) is 4.27. The van der Waals surface area contributed by atoms with E-state index in [1.54, 1.807) is 0 Å². The molecule has 0 spiro atoms. The topological polar surface area (TPSA) is 17.1 Å². The minimum atomic E-state index is 0.874. The van der Waals surface area contributed by atoms with Crippen LogP contribution in [0, 0.1) is 0 Å². The second kappa shape index (κ2) is 10.5. The second-order valence-corrected chi connectivity index (χ2v) is 3.81. The molecule has 0 amide bonds. The normalized spacial score (nSPS) is 11.7. The van der Waals surface area contributed by atoms with Crippen molar-refractivity contribution >= 4 is 6.29 Å². The molecule has 1 heteroatoms. The van der Waals surface area contributed by atoms with Crippen molar-refractivity contribution in [1.29, 1.82) is 0 Å². The van der Waals surface area contributed by atoms with E-state index in [1.165, 1.54) is 38.5 Å². The zero-order chi connectivity index (χ0) is 10.6. The Hall–Kier alpha value is -0.590. The Balaban J connectivity index is 3.27. The van der Waals surface area contributed by atoms with E-state index in [0.29, 0.717) is 0 Å². The zero-order valence-electron chi connectivity index (χ0n) is 9.72. The SMILES string of the molecule is CCCCCCCC/C=C(/C=O)CC. The maximum absolute atomic E-state index is 10.5. The summed E-state index contributed by atoms with van der Waals surface area (Å²) in [6, 6.07) is 0. The highest BCUT2D eigenvalue weighted by Crippen LogP contribution is 2.08. The highest BCUT2D eigenvalue weighted by molar-refractivity contribution is 5.72. The van der Waals surface area contributed by atoms with Crippen LogP contribution in [0.1, 0.15) is 65.2 Å². The molecule has 0 rings (SSSR count). The van der Waals surface area contributed by atoms with Gasteiger partial charge in [-0.25, -0.2) is 0 Å². The van der Waals surface area contributed by atoms with Gasteiger partial charge in [0.25, 0.3) is 0 Å². The minimum absolute atomic E-state index is 0.874. The molecule has 0 aliphatic heterocycles. The van der Waals surface area contributed by atoms with Gasteiger partial charge in [-0.3, -0.25) is 4.79 Å². The molecule has 0 saturated carbocycles. The van der Waals surface area contributed by atoms with Gasteiger partial charge in [0.1, 0.15) is 6.29 Å². The van der Waals surface area contributed by atoms with Crippen LogP contribution < -0.4 is 0 Å². The lowest BCUT2D eigenvalue weighted by Gasteiger charge is -1.98. The summed E-state index contributed by atoms with van der Waals surface area (Å²) in [4.78, 5) is 10.5. The number of rotatable bonds is 9. The first kappa shape index (κ1) is 13.4. The Kier molecular flexibility index (Phi) is 10.0. The smallest absolute Gasteiger partial charge is 0.145 e. The third kappa shape index (κ3) is 8.03. The van der Waals surface area contributed by atoms with Gasteiger partial charge in [0.2, 0.25) is 0 Å². The molecule has 0 bridgehead atoms. The third-order valence-corrected chi connectivity index (χ3v) is 2.52. The molecule has 0 fully saturated rings. The number of unbranched alkanes of at least 4 members (excludes halogenated alkanes) is 6. The molecule has 0 radical (unpaired) electrons. The largest absolute Gasteiger partial charge is 0.298 e. The van der Waals surface area contributed by atoms with Crippen molar-refractivity contribution in [2.75, 3.05) is 0 Å². The van der Waals surface area contributed by atoms with Crippen LogP contribution in [-0.4, -0.2) is 6.29 Å². The average Bonchev–Trinajstić information content (AvgIpc) is 2.22. The molecule has 0 aliphatic rings. The van der Waals surface area contributed by atoms with E-state index in [9.17, 15) is 4.79 Å². The van der Waals surface area contributed by atoms with Gasteiger partial charge in [-0.1, -0.05) is 52.0 Å². The van der Waals surface area contributed by atoms with Gasteiger partial charge in [0.15, 0.2) is 0 Å². The van der Waals surface area contributed by atoms with E-state index in [-0.39, 0.29) is 0 Å². The van der Waals surface area contributed by atoms with Gasteiger partial charge in [-0.2, -0.15) is 0 Å². The standard InChI is InChI=1S/C13H24O/c1-3-5-6-7-8-9-10-11-13(4-2)12-14/h11-12H,3-10H2,1-2H3/b13-11+. The van der Waals surface area contributed by atoms with Crippen molar-refractivity contribution < 1.29 is 4.79 Å². The van der Waals surface area contributed by atoms with Crippen molar-refractivity contribution in [2.24, 2.45) is 0 Å². The maximum atomic E-state index is 10.5. The lowest BCUT2D eigenvalue weighted by molar-refractivity contribution is -0.105. The van der Waals surface area contributed by atoms with Crippen LogP contribution in [0.4, 0.5) is 0 Å². The van der Waals surface area contributed by atoms with Crippen LogP contribution in [0.2, 0.25) is 0 Å². The quantitative estimate of drug-likeness (QED) is 0.306. The number of hydrogen-bond donors (Lipinski definition) is 0. The highest BCUT2D eigenvalue weighted by atomic mass is 16.1. The molecule has 0 unspecified atom stereocenters. The molecule has 0 aromatic carbocycles. The van der Waals surface area contributed by atoms with Crippen LogP contribution in [-0.2, 0) is 4.79 Å². The maximum Gasteiger partial charge on any atom is 0.145 e. The van der Waals surface area contributed by atoms with E-state index in [2.05, 4.69) is 13.0 Å². The van der Waals surface area contributed by atoms with E-state index in [0.717, 1.165) is 24.7 Å². The van der Waals surface area contributed by atoms with Crippen LogP contribution >= 0.6 is 0 Å². The van der Waals surface area contributed by atoms with Crippen molar-refractivity contribution in [3.63, 3.8) is 0 Å². The Morgan fingerprint density at radius 2 is 1.64 bits per heavy atom. The summed E-state index contributed by atoms with van der Waals surface area (Å²) in [5.41, 5.74) is 0.957. The van der Waals surface area contributed by atoms with E-state index < -0.39 is 0 Å². The number of carbonyl (C=O) groups excluding carboxylic acids is 1. The monoisotopic (exact) mass is 196 g/mol. The van der Waals surface area contributed by atoms with Gasteiger partial charge < -0.3 is 0 Å². The molecule has 0 aromatic heterocycles. The van der Waals surface area contributed by atoms with Crippen molar-refractivity contribution in [3.05, 3.63) is 11.6 Å².